The molecule has 30 heavy (non-hydrogen) atoms. The standard InChI is InChI=1S/C25H32N4O/c1-2-3-7-23(24-21-16-19(26)10-13-22(21)28-25(24)30)27-20-11-8-18(9-12-20)17-29-14-5-4-6-15-29/h8-13,16,27H,2-7,14-15,17,26H2,1H3,(H,28,30)/b24-23-. The maximum absolute atomic E-state index is 12.8. The Labute approximate surface area is 179 Å². The predicted octanol–water partition coefficient (Wildman–Crippen LogP) is 5.22. The van der Waals surface area contributed by atoms with Crippen molar-refractivity contribution < 1.29 is 4.79 Å². The minimum atomic E-state index is -0.0593. The molecule has 4 rings (SSSR count). The normalized spacial score (nSPS) is 18.1. The molecule has 4 N–H and O–H groups in total. The van der Waals surface area contributed by atoms with Gasteiger partial charge in [0, 0.05) is 34.9 Å². The number of nitrogen functional groups attached to an aromatic ring is 1. The fourth-order valence-electron chi connectivity index (χ4n) is 4.33. The van der Waals surface area contributed by atoms with Crippen molar-refractivity contribution >= 4 is 28.5 Å². The minimum Gasteiger partial charge on any atom is -0.399 e. The van der Waals surface area contributed by atoms with E-state index in [4.69, 9.17) is 5.73 Å². The third kappa shape index (κ3) is 4.68. The average Bonchev–Trinajstić information content (AvgIpc) is 3.08. The number of hydrogen-bond donors (Lipinski definition) is 3. The van der Waals surface area contributed by atoms with Gasteiger partial charge in [-0.05, 0) is 74.7 Å². The van der Waals surface area contributed by atoms with Gasteiger partial charge in [-0.15, -0.1) is 0 Å². The van der Waals surface area contributed by atoms with Crippen molar-refractivity contribution in [3.8, 4) is 0 Å². The van der Waals surface area contributed by atoms with E-state index >= 15 is 0 Å². The van der Waals surface area contributed by atoms with Crippen LogP contribution in [0.3, 0.4) is 0 Å². The first-order valence-corrected chi connectivity index (χ1v) is 11.2. The molecule has 1 fully saturated rings. The number of likely N-dealkylation sites (tertiary alicyclic amines) is 1. The van der Waals surface area contributed by atoms with Gasteiger partial charge >= 0.3 is 0 Å². The van der Waals surface area contributed by atoms with Crippen LogP contribution in [-0.4, -0.2) is 23.9 Å². The van der Waals surface area contributed by atoms with Gasteiger partial charge in [0.2, 0.25) is 0 Å². The van der Waals surface area contributed by atoms with Gasteiger partial charge in [0.25, 0.3) is 5.91 Å². The lowest BCUT2D eigenvalue weighted by Crippen LogP contribution is -2.29. The molecule has 158 valence electrons. The summed E-state index contributed by atoms with van der Waals surface area (Å²) in [6.45, 7) is 5.58. The second kappa shape index (κ2) is 9.35. The average molecular weight is 405 g/mol. The van der Waals surface area contributed by atoms with E-state index in [1.807, 2.05) is 18.2 Å². The fraction of sp³-hybridized carbons (Fsp3) is 0.400. The summed E-state index contributed by atoms with van der Waals surface area (Å²) in [6.07, 6.45) is 6.88. The molecule has 0 saturated carbocycles. The molecule has 0 unspecified atom stereocenters. The molecule has 5 nitrogen and oxygen atoms in total. The number of carbonyl (C=O) groups is 1. The molecule has 2 aliphatic rings. The lowest BCUT2D eigenvalue weighted by atomic mass is 10.0. The molecule has 0 atom stereocenters. The molecule has 0 bridgehead atoms. The van der Waals surface area contributed by atoms with Gasteiger partial charge in [0.1, 0.15) is 0 Å². The number of nitrogens with zero attached hydrogens (tertiary/aromatic N) is 1. The van der Waals surface area contributed by atoms with Crippen LogP contribution in [0.25, 0.3) is 5.57 Å². The van der Waals surface area contributed by atoms with E-state index in [2.05, 4.69) is 46.7 Å². The van der Waals surface area contributed by atoms with Gasteiger partial charge in [-0.1, -0.05) is 31.9 Å². The Morgan fingerprint density at radius 1 is 1.10 bits per heavy atom. The number of carbonyl (C=O) groups excluding carboxylic acids is 1. The molecular formula is C25H32N4O. The van der Waals surface area contributed by atoms with Crippen molar-refractivity contribution in [3.05, 3.63) is 59.3 Å². The van der Waals surface area contributed by atoms with E-state index in [0.29, 0.717) is 11.3 Å². The monoisotopic (exact) mass is 404 g/mol. The van der Waals surface area contributed by atoms with Crippen molar-refractivity contribution in [2.24, 2.45) is 0 Å². The van der Waals surface area contributed by atoms with Gasteiger partial charge in [-0.3, -0.25) is 9.69 Å². The zero-order chi connectivity index (χ0) is 20.9. The first-order chi connectivity index (χ1) is 14.6. The van der Waals surface area contributed by atoms with Crippen LogP contribution in [0.5, 0.6) is 0 Å². The summed E-state index contributed by atoms with van der Waals surface area (Å²) in [5, 5.41) is 6.52. The Kier molecular flexibility index (Phi) is 6.38. The maximum atomic E-state index is 12.8. The number of hydrogen-bond acceptors (Lipinski definition) is 4. The molecular weight excluding hydrogens is 372 g/mol. The molecule has 2 aromatic carbocycles. The molecule has 1 amide bonds. The molecule has 1 saturated heterocycles. The smallest absolute Gasteiger partial charge is 0.258 e. The number of nitrogens with two attached hydrogens (primary N) is 1. The van der Waals surface area contributed by atoms with Crippen LogP contribution in [0, 0.1) is 0 Å². The Balaban J connectivity index is 1.56. The summed E-state index contributed by atoms with van der Waals surface area (Å²) in [5.41, 5.74) is 12.4. The number of nitrogens with one attached hydrogen (secondary N) is 2. The topological polar surface area (TPSA) is 70.4 Å². The highest BCUT2D eigenvalue weighted by Gasteiger charge is 2.27. The minimum absolute atomic E-state index is 0.0593. The van der Waals surface area contributed by atoms with Crippen LogP contribution >= 0.6 is 0 Å². The van der Waals surface area contributed by atoms with Crippen molar-refractivity contribution in [1.82, 2.24) is 4.90 Å². The maximum Gasteiger partial charge on any atom is 0.258 e. The van der Waals surface area contributed by atoms with E-state index in [1.165, 1.54) is 37.9 Å². The summed E-state index contributed by atoms with van der Waals surface area (Å²) >= 11 is 0. The van der Waals surface area contributed by atoms with Gasteiger partial charge in [0.05, 0.1) is 5.57 Å². The SMILES string of the molecule is CCCC/C(Nc1ccc(CN2CCCCC2)cc1)=C1/C(=O)Nc2ccc(N)cc21. The molecule has 0 aromatic heterocycles. The predicted molar refractivity (Wildman–Crippen MR) is 125 cm³/mol. The number of unbranched alkanes of at least 4 members (excludes halogenated alkanes) is 1. The number of piperidine rings is 1. The first kappa shape index (κ1) is 20.5. The molecule has 5 heteroatoms. The Morgan fingerprint density at radius 2 is 1.87 bits per heavy atom. The van der Waals surface area contributed by atoms with E-state index in [1.54, 1.807) is 0 Å². The first-order valence-electron chi connectivity index (χ1n) is 11.2. The molecule has 0 aliphatic carbocycles. The number of allylic oxidation sites excluding steroid dienone is 1. The van der Waals surface area contributed by atoms with E-state index < -0.39 is 0 Å². The van der Waals surface area contributed by atoms with Crippen molar-refractivity contribution in [2.75, 3.05) is 29.5 Å². The fourth-order valence-corrected chi connectivity index (χ4v) is 4.33. The van der Waals surface area contributed by atoms with Crippen LogP contribution in [0.15, 0.2) is 48.2 Å². The Morgan fingerprint density at radius 3 is 2.60 bits per heavy atom. The van der Waals surface area contributed by atoms with Crippen LogP contribution in [0.2, 0.25) is 0 Å². The largest absolute Gasteiger partial charge is 0.399 e. The molecule has 2 aliphatic heterocycles. The van der Waals surface area contributed by atoms with Crippen LogP contribution in [-0.2, 0) is 11.3 Å². The van der Waals surface area contributed by atoms with Crippen molar-refractivity contribution in [3.63, 3.8) is 0 Å². The quantitative estimate of drug-likeness (QED) is 0.437. The van der Waals surface area contributed by atoms with E-state index in [-0.39, 0.29) is 5.91 Å². The molecule has 0 radical (unpaired) electrons. The third-order valence-corrected chi connectivity index (χ3v) is 5.97. The summed E-state index contributed by atoms with van der Waals surface area (Å²) in [5.74, 6) is -0.0593. The summed E-state index contributed by atoms with van der Waals surface area (Å²) in [7, 11) is 0. The zero-order valence-corrected chi connectivity index (χ0v) is 17.8. The van der Waals surface area contributed by atoms with Gasteiger partial charge < -0.3 is 16.4 Å². The summed E-state index contributed by atoms with van der Waals surface area (Å²) < 4.78 is 0. The Hall–Kier alpha value is -2.79. The number of amides is 1. The van der Waals surface area contributed by atoms with Crippen molar-refractivity contribution in [1.29, 1.82) is 0 Å². The van der Waals surface area contributed by atoms with E-state index in [0.717, 1.165) is 48.4 Å². The second-order valence-corrected chi connectivity index (χ2v) is 8.37. The Bertz CT molecular complexity index is 927. The third-order valence-electron chi connectivity index (χ3n) is 5.97. The van der Waals surface area contributed by atoms with E-state index in [9.17, 15) is 4.79 Å². The number of anilines is 3. The van der Waals surface area contributed by atoms with Crippen LogP contribution in [0.1, 0.15) is 56.6 Å². The lowest BCUT2D eigenvalue weighted by Gasteiger charge is -2.26. The molecule has 2 aromatic rings. The van der Waals surface area contributed by atoms with Gasteiger partial charge in [-0.2, -0.15) is 0 Å². The zero-order valence-electron chi connectivity index (χ0n) is 17.8. The molecule has 0 spiro atoms. The van der Waals surface area contributed by atoms with Crippen LogP contribution < -0.4 is 16.4 Å². The highest BCUT2D eigenvalue weighted by molar-refractivity contribution is 6.32. The molecule has 2 heterocycles. The number of benzene rings is 2. The van der Waals surface area contributed by atoms with Gasteiger partial charge in [0.15, 0.2) is 0 Å². The van der Waals surface area contributed by atoms with Crippen molar-refractivity contribution in [2.45, 2.75) is 52.0 Å². The highest BCUT2D eigenvalue weighted by atomic mass is 16.2. The van der Waals surface area contributed by atoms with Crippen LogP contribution in [0.4, 0.5) is 17.1 Å². The lowest BCUT2D eigenvalue weighted by molar-refractivity contribution is -0.110. The number of rotatable bonds is 7. The highest BCUT2D eigenvalue weighted by Crippen LogP contribution is 2.36. The number of fused-ring (bicyclic) bond motifs is 1. The second-order valence-electron chi connectivity index (χ2n) is 8.37. The summed E-state index contributed by atoms with van der Waals surface area (Å²) in [4.78, 5) is 15.3. The summed E-state index contributed by atoms with van der Waals surface area (Å²) in [6, 6.07) is 14.2. The van der Waals surface area contributed by atoms with Gasteiger partial charge in [-0.25, -0.2) is 0 Å².